The van der Waals surface area contributed by atoms with Gasteiger partial charge in [-0.25, -0.2) is 0 Å². The normalized spacial score (nSPS) is 30.7. The molecule has 4 nitrogen and oxygen atoms in total. The van der Waals surface area contributed by atoms with Gasteiger partial charge in [0, 0.05) is 12.6 Å². The number of fused-ring (bicyclic) bond motifs is 2. The highest BCUT2D eigenvalue weighted by molar-refractivity contribution is 5.66. The van der Waals surface area contributed by atoms with Crippen molar-refractivity contribution < 1.29 is 9.47 Å². The van der Waals surface area contributed by atoms with Gasteiger partial charge in [0.05, 0.1) is 11.8 Å². The fraction of sp³-hybridized carbons (Fsp3) is 0.524. The zero-order valence-electron chi connectivity index (χ0n) is 15.2. The molecule has 0 radical (unpaired) electrons. The van der Waals surface area contributed by atoms with Crippen molar-refractivity contribution in [3.05, 3.63) is 48.4 Å². The highest BCUT2D eigenvalue weighted by Gasteiger charge is 2.40. The molecule has 1 saturated carbocycles. The number of para-hydroxylation sites is 2. The van der Waals surface area contributed by atoms with E-state index in [1.165, 1.54) is 25.7 Å². The first-order chi connectivity index (χ1) is 12.3. The molecule has 4 heteroatoms. The minimum atomic E-state index is 0.0915. The van der Waals surface area contributed by atoms with Crippen molar-refractivity contribution in [2.45, 2.75) is 57.9 Å². The maximum absolute atomic E-state index is 6.30. The Morgan fingerprint density at radius 1 is 1.12 bits per heavy atom. The Bertz CT molecular complexity index is 670. The van der Waals surface area contributed by atoms with E-state index in [1.54, 1.807) is 0 Å². The molecule has 1 aromatic carbocycles. The van der Waals surface area contributed by atoms with E-state index in [4.69, 9.17) is 9.47 Å². The molecule has 0 spiro atoms. The minimum absolute atomic E-state index is 0.0915. The standard InChI is InChI=1S/C21H28N2O2/c1-3-22-16-10-5-7-12-18(16)24-20(22)14-9-15-21-23(4-2)17-11-6-8-13-19(17)25-21/h5,7,9-10,12,14-15,17,19,21H,3-4,6,8,11,13H2,1-2H3. The largest absolute Gasteiger partial charge is 0.439 e. The molecule has 2 aliphatic heterocycles. The second-order valence-electron chi connectivity index (χ2n) is 6.95. The van der Waals surface area contributed by atoms with E-state index < -0.39 is 0 Å². The number of ether oxygens (including phenoxy) is 2. The maximum atomic E-state index is 6.30. The van der Waals surface area contributed by atoms with Crippen molar-refractivity contribution >= 4 is 5.69 Å². The molecule has 4 rings (SSSR count). The van der Waals surface area contributed by atoms with E-state index in [0.717, 1.165) is 30.4 Å². The molecule has 0 N–H and O–H groups in total. The van der Waals surface area contributed by atoms with Crippen LogP contribution in [0.1, 0.15) is 39.5 Å². The van der Waals surface area contributed by atoms with Crippen molar-refractivity contribution in [3.63, 3.8) is 0 Å². The molecule has 0 bridgehead atoms. The van der Waals surface area contributed by atoms with Crippen LogP contribution in [0.15, 0.2) is 48.4 Å². The first-order valence-electron chi connectivity index (χ1n) is 9.66. The van der Waals surface area contributed by atoms with Crippen LogP contribution in [-0.2, 0) is 4.74 Å². The summed E-state index contributed by atoms with van der Waals surface area (Å²) in [6, 6.07) is 8.79. The summed E-state index contributed by atoms with van der Waals surface area (Å²) in [5.74, 6) is 1.82. The average Bonchev–Trinajstić information content (AvgIpc) is 3.18. The number of benzene rings is 1. The Morgan fingerprint density at radius 2 is 1.96 bits per heavy atom. The van der Waals surface area contributed by atoms with Gasteiger partial charge in [-0.3, -0.25) is 4.90 Å². The number of allylic oxidation sites excluding steroid dienone is 2. The Hall–Kier alpha value is -1.78. The summed E-state index contributed by atoms with van der Waals surface area (Å²) in [5, 5.41) is 0. The van der Waals surface area contributed by atoms with E-state index in [0.29, 0.717) is 12.1 Å². The summed E-state index contributed by atoms with van der Waals surface area (Å²) in [6.45, 7) is 6.30. The monoisotopic (exact) mass is 340 g/mol. The third kappa shape index (κ3) is 3.09. The van der Waals surface area contributed by atoms with Gasteiger partial charge in [-0.2, -0.15) is 0 Å². The third-order valence-electron chi connectivity index (χ3n) is 5.57. The molecule has 1 saturated heterocycles. The number of nitrogens with zero attached hydrogens (tertiary/aromatic N) is 2. The Labute approximate surface area is 150 Å². The Balaban J connectivity index is 1.48. The Kier molecular flexibility index (Phi) is 4.82. The summed E-state index contributed by atoms with van der Waals surface area (Å²) in [7, 11) is 0. The fourth-order valence-electron chi connectivity index (χ4n) is 4.37. The highest BCUT2D eigenvalue weighted by Crippen LogP contribution is 2.38. The van der Waals surface area contributed by atoms with Gasteiger partial charge in [0.25, 0.3) is 0 Å². The summed E-state index contributed by atoms with van der Waals surface area (Å²) >= 11 is 0. The number of hydrogen-bond donors (Lipinski definition) is 0. The molecule has 1 aliphatic carbocycles. The van der Waals surface area contributed by atoms with E-state index in [1.807, 2.05) is 12.1 Å². The SMILES string of the molecule is CCN1C(=CC=CC2OC3CCCCC3N2CC)Oc2ccccc21. The molecule has 25 heavy (non-hydrogen) atoms. The predicted octanol–water partition coefficient (Wildman–Crippen LogP) is 4.29. The molecule has 0 aromatic heterocycles. The average molecular weight is 340 g/mol. The molecule has 2 heterocycles. The van der Waals surface area contributed by atoms with Gasteiger partial charge in [-0.05, 0) is 50.6 Å². The lowest BCUT2D eigenvalue weighted by Gasteiger charge is -2.29. The van der Waals surface area contributed by atoms with Gasteiger partial charge in [0.2, 0.25) is 5.88 Å². The topological polar surface area (TPSA) is 24.9 Å². The van der Waals surface area contributed by atoms with Gasteiger partial charge in [0.15, 0.2) is 5.75 Å². The summed E-state index contributed by atoms with van der Waals surface area (Å²) < 4.78 is 12.3. The maximum Gasteiger partial charge on any atom is 0.200 e. The van der Waals surface area contributed by atoms with Crippen LogP contribution in [-0.4, -0.2) is 36.4 Å². The van der Waals surface area contributed by atoms with Crippen molar-refractivity contribution in [3.8, 4) is 5.75 Å². The van der Waals surface area contributed by atoms with Crippen LogP contribution in [0.3, 0.4) is 0 Å². The summed E-state index contributed by atoms with van der Waals surface area (Å²) in [4.78, 5) is 4.70. The second-order valence-corrected chi connectivity index (χ2v) is 6.95. The van der Waals surface area contributed by atoms with Crippen LogP contribution in [0.25, 0.3) is 0 Å². The lowest BCUT2D eigenvalue weighted by atomic mass is 9.92. The second kappa shape index (κ2) is 7.22. The molecule has 3 unspecified atom stereocenters. The molecule has 2 fully saturated rings. The zero-order chi connectivity index (χ0) is 17.2. The van der Waals surface area contributed by atoms with E-state index in [-0.39, 0.29) is 6.23 Å². The molecule has 134 valence electrons. The van der Waals surface area contributed by atoms with Crippen LogP contribution in [0.4, 0.5) is 5.69 Å². The molecular formula is C21H28N2O2. The van der Waals surface area contributed by atoms with E-state index in [9.17, 15) is 0 Å². The van der Waals surface area contributed by atoms with Gasteiger partial charge in [-0.15, -0.1) is 0 Å². The molecular weight excluding hydrogens is 312 g/mol. The predicted molar refractivity (Wildman–Crippen MR) is 101 cm³/mol. The van der Waals surface area contributed by atoms with Crippen LogP contribution in [0, 0.1) is 0 Å². The summed E-state index contributed by atoms with van der Waals surface area (Å²) in [6.07, 6.45) is 11.9. The van der Waals surface area contributed by atoms with Crippen molar-refractivity contribution in [1.82, 2.24) is 4.90 Å². The van der Waals surface area contributed by atoms with Crippen molar-refractivity contribution in [2.24, 2.45) is 0 Å². The Morgan fingerprint density at radius 3 is 2.80 bits per heavy atom. The van der Waals surface area contributed by atoms with E-state index in [2.05, 4.69) is 54.0 Å². The van der Waals surface area contributed by atoms with Crippen LogP contribution >= 0.6 is 0 Å². The van der Waals surface area contributed by atoms with Crippen molar-refractivity contribution in [2.75, 3.05) is 18.0 Å². The van der Waals surface area contributed by atoms with Gasteiger partial charge < -0.3 is 14.4 Å². The van der Waals surface area contributed by atoms with Crippen molar-refractivity contribution in [1.29, 1.82) is 0 Å². The number of likely N-dealkylation sites (N-methyl/N-ethyl adjacent to an activating group) is 1. The third-order valence-corrected chi connectivity index (χ3v) is 5.57. The molecule has 3 aliphatic rings. The van der Waals surface area contributed by atoms with Crippen LogP contribution in [0.5, 0.6) is 5.75 Å². The first-order valence-corrected chi connectivity index (χ1v) is 9.66. The lowest BCUT2D eigenvalue weighted by Crippen LogP contribution is -2.39. The summed E-state index contributed by atoms with van der Waals surface area (Å²) in [5.41, 5.74) is 1.14. The molecule has 3 atom stereocenters. The fourth-order valence-corrected chi connectivity index (χ4v) is 4.37. The zero-order valence-corrected chi connectivity index (χ0v) is 15.2. The van der Waals surface area contributed by atoms with Gasteiger partial charge >= 0.3 is 0 Å². The van der Waals surface area contributed by atoms with Gasteiger partial charge in [-0.1, -0.05) is 38.0 Å². The molecule has 0 amide bonds. The minimum Gasteiger partial charge on any atom is -0.439 e. The molecule has 1 aromatic rings. The number of anilines is 1. The van der Waals surface area contributed by atoms with Crippen LogP contribution in [0.2, 0.25) is 0 Å². The first kappa shape index (κ1) is 16.7. The number of rotatable bonds is 4. The quantitative estimate of drug-likeness (QED) is 0.816. The lowest BCUT2D eigenvalue weighted by molar-refractivity contribution is 0.0302. The number of hydrogen-bond acceptors (Lipinski definition) is 4. The van der Waals surface area contributed by atoms with Crippen LogP contribution < -0.4 is 9.64 Å². The highest BCUT2D eigenvalue weighted by atomic mass is 16.5. The van der Waals surface area contributed by atoms with Gasteiger partial charge in [0.1, 0.15) is 6.23 Å². The smallest absolute Gasteiger partial charge is 0.200 e. The van der Waals surface area contributed by atoms with E-state index >= 15 is 0 Å².